The number of anilines is 9. The van der Waals surface area contributed by atoms with Crippen molar-refractivity contribution in [1.82, 2.24) is 0 Å². The van der Waals surface area contributed by atoms with Crippen LogP contribution in [0.5, 0.6) is 0 Å². The van der Waals surface area contributed by atoms with Gasteiger partial charge in [-0.25, -0.2) is 0 Å². The van der Waals surface area contributed by atoms with Gasteiger partial charge in [-0.15, -0.1) is 11.3 Å². The molecule has 1 aromatic heterocycles. The summed E-state index contributed by atoms with van der Waals surface area (Å²) in [5.74, 6) is 0. The molecule has 0 saturated carbocycles. The smallest absolute Gasteiger partial charge is 0.0646 e. The molecule has 0 spiro atoms. The molecule has 4 heteroatoms. The fourth-order valence-electron chi connectivity index (χ4n) is 7.91. The Morgan fingerprint density at radius 3 is 1.05 bits per heavy atom. The molecule has 0 atom stereocenters. The van der Waals surface area contributed by atoms with Crippen LogP contribution in [0.15, 0.2) is 237 Å². The van der Waals surface area contributed by atoms with Crippen LogP contribution in [0.25, 0.3) is 31.3 Å². The van der Waals surface area contributed by atoms with Crippen molar-refractivity contribution in [1.29, 1.82) is 0 Å². The van der Waals surface area contributed by atoms with Crippen molar-refractivity contribution < 1.29 is 0 Å². The summed E-state index contributed by atoms with van der Waals surface area (Å²) in [6.45, 7) is 0. The first-order valence-electron chi connectivity index (χ1n) is 19.6. The molecule has 1 heterocycles. The van der Waals surface area contributed by atoms with Gasteiger partial charge in [0.2, 0.25) is 0 Å². The van der Waals surface area contributed by atoms with Gasteiger partial charge in [-0.1, -0.05) is 121 Å². The van der Waals surface area contributed by atoms with Crippen LogP contribution >= 0.6 is 11.3 Å². The Balaban J connectivity index is 1.18. The molecule has 58 heavy (non-hydrogen) atoms. The minimum absolute atomic E-state index is 1.10. The summed E-state index contributed by atoms with van der Waals surface area (Å²) in [6, 6.07) is 84.6. The molecular weight excluding hydrogens is 723 g/mol. The van der Waals surface area contributed by atoms with Gasteiger partial charge in [0.25, 0.3) is 0 Å². The number of nitrogens with zero attached hydrogens (tertiary/aromatic N) is 3. The van der Waals surface area contributed by atoms with Crippen LogP contribution in [0.2, 0.25) is 0 Å². The maximum Gasteiger partial charge on any atom is 0.0646 e. The molecule has 0 aliphatic rings. The molecule has 276 valence electrons. The molecule has 0 amide bonds. The third kappa shape index (κ3) is 6.76. The van der Waals surface area contributed by atoms with Crippen LogP contribution in [0.1, 0.15) is 0 Å². The molecule has 0 aliphatic heterocycles. The van der Waals surface area contributed by atoms with Gasteiger partial charge < -0.3 is 14.7 Å². The molecule has 0 fully saturated rings. The van der Waals surface area contributed by atoms with E-state index in [0.717, 1.165) is 62.3 Å². The molecule has 0 N–H and O–H groups in total. The molecule has 0 unspecified atom stereocenters. The second kappa shape index (κ2) is 15.6. The predicted octanol–water partition coefficient (Wildman–Crippen LogP) is 16.1. The quantitative estimate of drug-likeness (QED) is 0.137. The van der Waals surface area contributed by atoms with Gasteiger partial charge >= 0.3 is 0 Å². The second-order valence-electron chi connectivity index (χ2n) is 14.2. The third-order valence-corrected chi connectivity index (χ3v) is 11.8. The van der Waals surface area contributed by atoms with Crippen molar-refractivity contribution in [3.8, 4) is 11.1 Å². The predicted molar refractivity (Wildman–Crippen MR) is 249 cm³/mol. The Hall–Kier alpha value is -7.40. The van der Waals surface area contributed by atoms with E-state index in [-0.39, 0.29) is 0 Å². The van der Waals surface area contributed by atoms with Crippen molar-refractivity contribution in [3.63, 3.8) is 0 Å². The molecule has 9 aromatic carbocycles. The molecular formula is C54H39N3S. The zero-order valence-corrected chi connectivity index (χ0v) is 32.6. The SMILES string of the molecule is c1ccc(N(c2ccccc2)c2ccc(-c3cc(N(c4ccccc4)c4ccccc4)c4sc5ccc(N(c6ccccc6)c6ccccc6)cc5c4c3)cc2)cc1. The minimum atomic E-state index is 1.10. The number of para-hydroxylation sites is 6. The van der Waals surface area contributed by atoms with Crippen molar-refractivity contribution in [2.75, 3.05) is 14.7 Å². The van der Waals surface area contributed by atoms with E-state index in [1.807, 2.05) is 11.3 Å². The first-order chi connectivity index (χ1) is 28.8. The minimum Gasteiger partial charge on any atom is -0.311 e. The van der Waals surface area contributed by atoms with E-state index < -0.39 is 0 Å². The van der Waals surface area contributed by atoms with Crippen molar-refractivity contribution in [2.45, 2.75) is 0 Å². The molecule has 0 aliphatic carbocycles. The standard InChI is InChI=1S/C54H39N3S/c1-7-19-42(20-8-1)55(43-21-9-2-10-22-43)48-33-31-40(32-34-48)41-37-51-50-39-49(56(44-23-11-3-12-24-44)45-25-13-4-14-26-45)35-36-53(50)58-54(51)52(38-41)57(46-27-15-5-16-28-46)47-29-17-6-18-30-47/h1-39H. The van der Waals surface area contributed by atoms with E-state index in [4.69, 9.17) is 0 Å². The van der Waals surface area contributed by atoms with Crippen LogP contribution in [-0.4, -0.2) is 0 Å². The number of hydrogen-bond acceptors (Lipinski definition) is 4. The summed E-state index contributed by atoms with van der Waals surface area (Å²) >= 11 is 1.86. The number of fused-ring (bicyclic) bond motifs is 3. The van der Waals surface area contributed by atoms with E-state index in [1.54, 1.807) is 0 Å². The number of rotatable bonds is 10. The first-order valence-corrected chi connectivity index (χ1v) is 20.4. The number of hydrogen-bond donors (Lipinski definition) is 0. The lowest BCUT2D eigenvalue weighted by Gasteiger charge is -2.27. The number of benzene rings is 9. The monoisotopic (exact) mass is 761 g/mol. The van der Waals surface area contributed by atoms with Crippen LogP contribution in [0.3, 0.4) is 0 Å². The van der Waals surface area contributed by atoms with Crippen LogP contribution in [0.4, 0.5) is 51.2 Å². The fraction of sp³-hybridized carbons (Fsp3) is 0. The normalized spacial score (nSPS) is 11.1. The second-order valence-corrected chi connectivity index (χ2v) is 15.3. The van der Waals surface area contributed by atoms with Gasteiger partial charge in [-0.2, -0.15) is 0 Å². The Bertz CT molecular complexity index is 2800. The zero-order chi connectivity index (χ0) is 38.7. The van der Waals surface area contributed by atoms with Crippen molar-refractivity contribution >= 4 is 82.7 Å². The van der Waals surface area contributed by atoms with Gasteiger partial charge in [0.15, 0.2) is 0 Å². The highest BCUT2D eigenvalue weighted by Crippen LogP contribution is 2.48. The average molecular weight is 762 g/mol. The van der Waals surface area contributed by atoms with Crippen LogP contribution in [-0.2, 0) is 0 Å². The molecule has 10 aromatic rings. The van der Waals surface area contributed by atoms with E-state index in [1.165, 1.54) is 20.2 Å². The Morgan fingerprint density at radius 1 is 0.259 bits per heavy atom. The summed E-state index contributed by atoms with van der Waals surface area (Å²) in [7, 11) is 0. The summed E-state index contributed by atoms with van der Waals surface area (Å²) in [5.41, 5.74) is 12.4. The van der Waals surface area contributed by atoms with Gasteiger partial charge in [0, 0.05) is 61.0 Å². The largest absolute Gasteiger partial charge is 0.311 e. The topological polar surface area (TPSA) is 9.72 Å². The maximum atomic E-state index is 2.41. The third-order valence-electron chi connectivity index (χ3n) is 10.6. The van der Waals surface area contributed by atoms with Gasteiger partial charge in [0.05, 0.1) is 10.4 Å². The maximum absolute atomic E-state index is 2.41. The van der Waals surface area contributed by atoms with E-state index in [0.29, 0.717) is 0 Å². The van der Waals surface area contributed by atoms with Gasteiger partial charge in [0.1, 0.15) is 0 Å². The summed E-state index contributed by atoms with van der Waals surface area (Å²) in [4.78, 5) is 7.06. The lowest BCUT2D eigenvalue weighted by molar-refractivity contribution is 1.28. The Labute approximate surface area is 343 Å². The highest BCUT2D eigenvalue weighted by atomic mass is 32.1. The first kappa shape index (κ1) is 35.0. The average Bonchev–Trinajstić information content (AvgIpc) is 3.67. The molecule has 10 rings (SSSR count). The zero-order valence-electron chi connectivity index (χ0n) is 31.8. The molecule has 0 saturated heterocycles. The van der Waals surface area contributed by atoms with Crippen molar-refractivity contribution in [2.24, 2.45) is 0 Å². The lowest BCUT2D eigenvalue weighted by Crippen LogP contribution is -2.10. The Morgan fingerprint density at radius 2 is 0.621 bits per heavy atom. The van der Waals surface area contributed by atoms with Gasteiger partial charge in [-0.3, -0.25) is 0 Å². The molecule has 3 nitrogen and oxygen atoms in total. The lowest BCUT2D eigenvalue weighted by atomic mass is 9.99. The van der Waals surface area contributed by atoms with E-state index in [9.17, 15) is 0 Å². The summed E-state index contributed by atoms with van der Waals surface area (Å²) in [5, 5.41) is 2.46. The van der Waals surface area contributed by atoms with E-state index in [2.05, 4.69) is 251 Å². The highest BCUT2D eigenvalue weighted by Gasteiger charge is 2.22. The van der Waals surface area contributed by atoms with Gasteiger partial charge in [-0.05, 0) is 126 Å². The molecule has 0 radical (unpaired) electrons. The number of thiophene rings is 1. The summed E-state index contributed by atoms with van der Waals surface area (Å²) in [6.07, 6.45) is 0. The van der Waals surface area contributed by atoms with E-state index >= 15 is 0 Å². The Kier molecular flexibility index (Phi) is 9.44. The summed E-state index contributed by atoms with van der Waals surface area (Å²) < 4.78 is 2.49. The fourth-order valence-corrected chi connectivity index (χ4v) is 9.08. The van der Waals surface area contributed by atoms with Crippen LogP contribution < -0.4 is 14.7 Å². The highest BCUT2D eigenvalue weighted by molar-refractivity contribution is 7.26. The van der Waals surface area contributed by atoms with Crippen molar-refractivity contribution in [3.05, 3.63) is 237 Å². The molecule has 0 bridgehead atoms. The van der Waals surface area contributed by atoms with Crippen LogP contribution in [0, 0.1) is 0 Å².